The molecule has 0 atom stereocenters. The van der Waals surface area contributed by atoms with Gasteiger partial charge in [0.05, 0.1) is 23.0 Å². The van der Waals surface area contributed by atoms with Crippen molar-refractivity contribution in [1.29, 1.82) is 0 Å². The van der Waals surface area contributed by atoms with Crippen LogP contribution in [-0.4, -0.2) is 31.6 Å². The number of nitrogens with two attached hydrogens (primary N) is 1. The zero-order valence-electron chi connectivity index (χ0n) is 11.4. The molecule has 2 rings (SSSR count). The summed E-state index contributed by atoms with van der Waals surface area (Å²) in [5.74, 6) is -0.975. The fraction of sp³-hybridized carbons (Fsp3) is 0.385. The first-order valence-corrected chi connectivity index (χ1v) is 6.26. The molecule has 0 fully saturated rings. The molecule has 2 aromatic heterocycles. The summed E-state index contributed by atoms with van der Waals surface area (Å²) >= 11 is 0. The van der Waals surface area contributed by atoms with Crippen LogP contribution in [0.5, 0.6) is 0 Å². The predicted octanol–water partition coefficient (Wildman–Crippen LogP) is 1.39. The van der Waals surface area contributed by atoms with Crippen molar-refractivity contribution in [3.8, 4) is 0 Å². The van der Waals surface area contributed by atoms with Gasteiger partial charge in [-0.2, -0.15) is 5.10 Å². The van der Waals surface area contributed by atoms with Crippen LogP contribution in [0.25, 0.3) is 11.0 Å². The van der Waals surface area contributed by atoms with Crippen LogP contribution in [0.15, 0.2) is 6.20 Å². The lowest BCUT2D eigenvalue weighted by atomic mass is 10.1. The van der Waals surface area contributed by atoms with Crippen molar-refractivity contribution in [2.24, 2.45) is 0 Å². The standard InChI is InChI=1S/C13H16N4O3/c1-7(18)4-3-5-17-12-9(6-15-17)11(14)10(13(19)20)8(2)16-12/h6H,3-5H2,1-2H3,(H2,14,16)(H,19,20). The number of anilines is 1. The molecule has 0 saturated heterocycles. The summed E-state index contributed by atoms with van der Waals surface area (Å²) in [5.41, 5.74) is 6.98. The lowest BCUT2D eigenvalue weighted by molar-refractivity contribution is -0.117. The number of pyridine rings is 1. The Morgan fingerprint density at radius 2 is 2.15 bits per heavy atom. The largest absolute Gasteiger partial charge is 0.478 e. The van der Waals surface area contributed by atoms with E-state index < -0.39 is 5.97 Å². The number of hydrogen-bond donors (Lipinski definition) is 2. The molecule has 20 heavy (non-hydrogen) atoms. The molecule has 3 N–H and O–H groups in total. The SMILES string of the molecule is CC(=O)CCCn1ncc2c(N)c(C(=O)O)c(C)nc21. The molecule has 0 aliphatic carbocycles. The maximum atomic E-state index is 11.2. The molecular weight excluding hydrogens is 260 g/mol. The molecule has 2 heterocycles. The van der Waals surface area contributed by atoms with Crippen molar-refractivity contribution in [2.75, 3.05) is 5.73 Å². The minimum Gasteiger partial charge on any atom is -0.478 e. The summed E-state index contributed by atoms with van der Waals surface area (Å²) in [6, 6.07) is 0. The Morgan fingerprint density at radius 1 is 1.45 bits per heavy atom. The smallest absolute Gasteiger partial charge is 0.339 e. The Hall–Kier alpha value is -2.44. The van der Waals surface area contributed by atoms with Crippen LogP contribution in [0.1, 0.15) is 35.8 Å². The Kier molecular flexibility index (Phi) is 3.69. The van der Waals surface area contributed by atoms with Crippen LogP contribution < -0.4 is 5.73 Å². The zero-order valence-corrected chi connectivity index (χ0v) is 11.4. The van der Waals surface area contributed by atoms with E-state index in [0.29, 0.717) is 36.1 Å². The minimum atomic E-state index is -1.10. The number of hydrogen-bond acceptors (Lipinski definition) is 5. The van der Waals surface area contributed by atoms with Crippen LogP contribution in [0.3, 0.4) is 0 Å². The monoisotopic (exact) mass is 276 g/mol. The van der Waals surface area contributed by atoms with Gasteiger partial charge in [-0.1, -0.05) is 0 Å². The van der Waals surface area contributed by atoms with E-state index in [2.05, 4.69) is 10.1 Å². The van der Waals surface area contributed by atoms with Crippen molar-refractivity contribution >= 4 is 28.5 Å². The van der Waals surface area contributed by atoms with Gasteiger partial charge in [-0.15, -0.1) is 0 Å². The molecule has 0 aliphatic heterocycles. The fourth-order valence-electron chi connectivity index (χ4n) is 2.14. The molecule has 7 nitrogen and oxygen atoms in total. The molecule has 0 aromatic carbocycles. The van der Waals surface area contributed by atoms with Gasteiger partial charge in [-0.3, -0.25) is 0 Å². The number of aromatic carboxylic acids is 1. The number of aromatic nitrogens is 3. The van der Waals surface area contributed by atoms with E-state index in [4.69, 9.17) is 10.8 Å². The molecule has 0 unspecified atom stereocenters. The number of ketones is 1. The predicted molar refractivity (Wildman–Crippen MR) is 73.6 cm³/mol. The maximum absolute atomic E-state index is 11.2. The Balaban J connectivity index is 2.41. The average Bonchev–Trinajstić information content (AvgIpc) is 2.71. The van der Waals surface area contributed by atoms with Crippen molar-refractivity contribution in [2.45, 2.75) is 33.2 Å². The van der Waals surface area contributed by atoms with Gasteiger partial charge >= 0.3 is 5.97 Å². The molecule has 0 amide bonds. The van der Waals surface area contributed by atoms with Gasteiger partial charge in [0.2, 0.25) is 0 Å². The molecule has 0 bridgehead atoms. The lowest BCUT2D eigenvalue weighted by Crippen LogP contribution is -2.09. The number of Topliss-reactive ketones (excluding diaryl/α,β-unsaturated/α-hetero) is 1. The number of carboxylic acid groups (broad SMARTS) is 1. The third kappa shape index (κ3) is 2.47. The first-order chi connectivity index (χ1) is 9.41. The third-order valence-corrected chi connectivity index (χ3v) is 3.12. The molecule has 106 valence electrons. The zero-order chi connectivity index (χ0) is 14.9. The van der Waals surface area contributed by atoms with E-state index in [1.807, 2.05) is 0 Å². The van der Waals surface area contributed by atoms with E-state index in [1.165, 1.54) is 6.20 Å². The van der Waals surface area contributed by atoms with Gasteiger partial charge in [0.1, 0.15) is 11.3 Å². The second kappa shape index (κ2) is 5.28. The first kappa shape index (κ1) is 14.0. The van der Waals surface area contributed by atoms with E-state index in [9.17, 15) is 9.59 Å². The summed E-state index contributed by atoms with van der Waals surface area (Å²) in [5, 5.41) is 13.8. The topological polar surface area (TPSA) is 111 Å². The highest BCUT2D eigenvalue weighted by Crippen LogP contribution is 2.25. The van der Waals surface area contributed by atoms with E-state index in [0.717, 1.165) is 0 Å². The summed E-state index contributed by atoms with van der Waals surface area (Å²) in [6.45, 7) is 3.69. The number of carbonyl (C=O) groups is 2. The number of fused-ring (bicyclic) bond motifs is 1. The normalized spacial score (nSPS) is 10.9. The molecule has 0 spiro atoms. The summed E-state index contributed by atoms with van der Waals surface area (Å²) in [7, 11) is 0. The summed E-state index contributed by atoms with van der Waals surface area (Å²) < 4.78 is 1.65. The van der Waals surface area contributed by atoms with Gasteiger partial charge in [0.15, 0.2) is 5.65 Å². The van der Waals surface area contributed by atoms with E-state index in [1.54, 1.807) is 18.5 Å². The van der Waals surface area contributed by atoms with Crippen molar-refractivity contribution in [3.63, 3.8) is 0 Å². The quantitative estimate of drug-likeness (QED) is 0.853. The van der Waals surface area contributed by atoms with Gasteiger partial charge in [0, 0.05) is 13.0 Å². The fourth-order valence-corrected chi connectivity index (χ4v) is 2.14. The molecule has 0 aliphatic rings. The Bertz CT molecular complexity index is 690. The van der Waals surface area contributed by atoms with Gasteiger partial charge in [0.25, 0.3) is 0 Å². The highest BCUT2D eigenvalue weighted by Gasteiger charge is 2.18. The Morgan fingerprint density at radius 3 is 2.75 bits per heavy atom. The number of rotatable bonds is 5. The Labute approximate surface area is 115 Å². The molecular formula is C13H16N4O3. The second-order valence-electron chi connectivity index (χ2n) is 4.70. The minimum absolute atomic E-state index is 0.0146. The molecule has 0 saturated carbocycles. The summed E-state index contributed by atoms with van der Waals surface area (Å²) in [4.78, 5) is 26.4. The second-order valence-corrected chi connectivity index (χ2v) is 4.70. The van der Waals surface area contributed by atoms with Crippen LogP contribution in [0.2, 0.25) is 0 Å². The van der Waals surface area contributed by atoms with Crippen LogP contribution >= 0.6 is 0 Å². The lowest BCUT2D eigenvalue weighted by Gasteiger charge is -2.07. The van der Waals surface area contributed by atoms with Crippen molar-refractivity contribution in [3.05, 3.63) is 17.5 Å². The molecule has 7 heteroatoms. The van der Waals surface area contributed by atoms with Crippen LogP contribution in [0.4, 0.5) is 5.69 Å². The highest BCUT2D eigenvalue weighted by molar-refractivity contribution is 6.03. The van der Waals surface area contributed by atoms with Crippen LogP contribution in [-0.2, 0) is 11.3 Å². The molecule has 2 aromatic rings. The summed E-state index contributed by atoms with van der Waals surface area (Å²) in [6.07, 6.45) is 2.65. The average molecular weight is 276 g/mol. The number of carbonyl (C=O) groups excluding carboxylic acids is 1. The van der Waals surface area contributed by atoms with E-state index in [-0.39, 0.29) is 17.0 Å². The third-order valence-electron chi connectivity index (χ3n) is 3.12. The van der Waals surface area contributed by atoms with E-state index >= 15 is 0 Å². The van der Waals surface area contributed by atoms with Crippen LogP contribution in [0, 0.1) is 6.92 Å². The maximum Gasteiger partial charge on any atom is 0.339 e. The number of nitrogens with zero attached hydrogens (tertiary/aromatic N) is 3. The van der Waals surface area contributed by atoms with Crippen molar-refractivity contribution < 1.29 is 14.7 Å². The van der Waals surface area contributed by atoms with Gasteiger partial charge in [-0.05, 0) is 20.3 Å². The van der Waals surface area contributed by atoms with Gasteiger partial charge < -0.3 is 15.6 Å². The number of carboxylic acids is 1. The molecule has 0 radical (unpaired) electrons. The van der Waals surface area contributed by atoms with Gasteiger partial charge in [-0.25, -0.2) is 14.5 Å². The number of aryl methyl sites for hydroxylation is 2. The number of nitrogen functional groups attached to an aromatic ring is 1. The van der Waals surface area contributed by atoms with Crippen molar-refractivity contribution in [1.82, 2.24) is 14.8 Å². The highest BCUT2D eigenvalue weighted by atomic mass is 16.4. The first-order valence-electron chi connectivity index (χ1n) is 6.26.